The lowest BCUT2D eigenvalue weighted by Gasteiger charge is -2.08. The molecular formula is C23H18Br2O3P+. The van der Waals surface area contributed by atoms with Crippen molar-refractivity contribution in [1.29, 1.82) is 0 Å². The average molecular weight is 533 g/mol. The summed E-state index contributed by atoms with van der Waals surface area (Å²) in [6.45, 7) is 5.63. The summed E-state index contributed by atoms with van der Waals surface area (Å²) in [5.74, 6) is -0.298. The second-order valence-electron chi connectivity index (χ2n) is 6.82. The van der Waals surface area contributed by atoms with Crippen molar-refractivity contribution >= 4 is 56.3 Å². The van der Waals surface area contributed by atoms with Crippen LogP contribution in [0.3, 0.4) is 0 Å². The van der Waals surface area contributed by atoms with Crippen LogP contribution in [0.2, 0.25) is 0 Å². The molecule has 0 saturated heterocycles. The molecule has 3 aromatic carbocycles. The predicted octanol–water partition coefficient (Wildman–Crippen LogP) is 6.66. The highest BCUT2D eigenvalue weighted by atomic mass is 79.9. The minimum atomic E-state index is -2.46. The summed E-state index contributed by atoms with van der Waals surface area (Å²) >= 11 is 6.81. The highest BCUT2D eigenvalue weighted by molar-refractivity contribution is 9.11. The molecule has 3 nitrogen and oxygen atoms in total. The Kier molecular flexibility index (Phi) is 6.62. The number of benzene rings is 3. The van der Waals surface area contributed by atoms with Crippen LogP contribution in [0.25, 0.3) is 0 Å². The Morgan fingerprint density at radius 1 is 0.793 bits per heavy atom. The Balaban J connectivity index is 2.09. The molecule has 3 aromatic rings. The molecule has 0 fully saturated rings. The summed E-state index contributed by atoms with van der Waals surface area (Å²) in [4.78, 5) is 26.4. The standard InChI is InChI=1S/C23H18Br2O3P/c1-13-11-14(2)20(15(3)12-13)23(27)29(28)19-10-5-4-7-16(19)22(26)21-17(24)8-6-9-18(21)25/h4-12H,1-3H3/q+1. The van der Waals surface area contributed by atoms with Crippen LogP contribution in [-0.2, 0) is 4.57 Å². The Morgan fingerprint density at radius 2 is 1.34 bits per heavy atom. The van der Waals surface area contributed by atoms with Gasteiger partial charge in [-0.15, -0.1) is 0 Å². The first-order valence-electron chi connectivity index (χ1n) is 8.89. The first-order valence-corrected chi connectivity index (χ1v) is 11.7. The summed E-state index contributed by atoms with van der Waals surface area (Å²) in [6, 6.07) is 15.7. The average Bonchev–Trinajstić information content (AvgIpc) is 2.66. The van der Waals surface area contributed by atoms with Gasteiger partial charge in [-0.25, -0.2) is 4.79 Å². The summed E-state index contributed by atoms with van der Waals surface area (Å²) in [5.41, 5.74) is 3.31. The summed E-state index contributed by atoms with van der Waals surface area (Å²) in [7, 11) is -2.46. The van der Waals surface area contributed by atoms with Gasteiger partial charge in [-0.3, -0.25) is 4.79 Å². The van der Waals surface area contributed by atoms with Gasteiger partial charge in [0.25, 0.3) is 0 Å². The molecule has 0 aliphatic rings. The molecular weight excluding hydrogens is 515 g/mol. The van der Waals surface area contributed by atoms with E-state index in [0.29, 0.717) is 20.1 Å². The van der Waals surface area contributed by atoms with E-state index in [9.17, 15) is 14.2 Å². The molecule has 0 aliphatic heterocycles. The van der Waals surface area contributed by atoms with E-state index in [1.54, 1.807) is 36.4 Å². The zero-order valence-electron chi connectivity index (χ0n) is 16.1. The Hall–Kier alpha value is -1.94. The van der Waals surface area contributed by atoms with Crippen molar-refractivity contribution in [2.75, 3.05) is 0 Å². The summed E-state index contributed by atoms with van der Waals surface area (Å²) < 4.78 is 14.5. The van der Waals surface area contributed by atoms with Gasteiger partial charge >= 0.3 is 13.3 Å². The van der Waals surface area contributed by atoms with E-state index in [-0.39, 0.29) is 16.7 Å². The van der Waals surface area contributed by atoms with Gasteiger partial charge in [0.15, 0.2) is 5.78 Å². The monoisotopic (exact) mass is 531 g/mol. The zero-order valence-corrected chi connectivity index (χ0v) is 20.2. The number of aryl methyl sites for hydroxylation is 3. The molecule has 1 atom stereocenters. The molecule has 0 aliphatic carbocycles. The fraction of sp³-hybridized carbons (Fsp3) is 0.130. The van der Waals surface area contributed by atoms with Crippen molar-refractivity contribution < 1.29 is 14.2 Å². The Morgan fingerprint density at radius 3 is 1.93 bits per heavy atom. The minimum absolute atomic E-state index is 0.250. The number of carbonyl (C=O) groups is 2. The normalized spacial score (nSPS) is 11.3. The predicted molar refractivity (Wildman–Crippen MR) is 124 cm³/mol. The molecule has 6 heteroatoms. The number of hydrogen-bond donors (Lipinski definition) is 0. The van der Waals surface area contributed by atoms with E-state index in [4.69, 9.17) is 0 Å². The molecule has 0 heterocycles. The molecule has 0 spiro atoms. The van der Waals surface area contributed by atoms with Gasteiger partial charge in [0.2, 0.25) is 5.30 Å². The minimum Gasteiger partial charge on any atom is -0.288 e. The van der Waals surface area contributed by atoms with E-state index in [0.717, 1.165) is 16.7 Å². The summed E-state index contributed by atoms with van der Waals surface area (Å²) in [5, 5.41) is 0.250. The van der Waals surface area contributed by atoms with Crippen LogP contribution in [0.15, 0.2) is 63.5 Å². The largest absolute Gasteiger partial charge is 0.459 e. The number of carbonyl (C=O) groups excluding carboxylic acids is 2. The third-order valence-corrected chi connectivity index (χ3v) is 7.37. The lowest BCUT2D eigenvalue weighted by atomic mass is 10.0. The highest BCUT2D eigenvalue weighted by Gasteiger charge is 2.38. The molecule has 1 unspecified atom stereocenters. The Labute approximate surface area is 187 Å². The number of hydrogen-bond acceptors (Lipinski definition) is 3. The van der Waals surface area contributed by atoms with Crippen molar-refractivity contribution in [3.63, 3.8) is 0 Å². The molecule has 146 valence electrons. The molecule has 0 aromatic heterocycles. The van der Waals surface area contributed by atoms with Crippen LogP contribution in [0.5, 0.6) is 0 Å². The van der Waals surface area contributed by atoms with Crippen molar-refractivity contribution in [3.8, 4) is 0 Å². The quantitative estimate of drug-likeness (QED) is 0.272. The molecule has 3 rings (SSSR count). The van der Waals surface area contributed by atoms with E-state index in [1.165, 1.54) is 0 Å². The fourth-order valence-electron chi connectivity index (χ4n) is 3.42. The van der Waals surface area contributed by atoms with Gasteiger partial charge < -0.3 is 0 Å². The Bertz CT molecular complexity index is 1130. The SMILES string of the molecule is Cc1cc(C)c(C(=O)[P+](=O)c2ccccc2C(=O)c2c(Br)cccc2Br)c(C)c1. The first kappa shape index (κ1) is 21.8. The number of ketones is 1. The van der Waals surface area contributed by atoms with E-state index in [1.807, 2.05) is 39.0 Å². The first-order chi connectivity index (χ1) is 13.7. The number of rotatable bonds is 5. The van der Waals surface area contributed by atoms with Crippen LogP contribution in [0.1, 0.15) is 43.0 Å². The van der Waals surface area contributed by atoms with Crippen LogP contribution in [-0.4, -0.2) is 11.3 Å². The summed E-state index contributed by atoms with van der Waals surface area (Å²) in [6.07, 6.45) is 0. The molecule has 29 heavy (non-hydrogen) atoms. The van der Waals surface area contributed by atoms with Gasteiger partial charge in [-0.05, 0) is 88.0 Å². The lowest BCUT2D eigenvalue weighted by Crippen LogP contribution is -2.17. The molecule has 0 saturated carbocycles. The van der Waals surface area contributed by atoms with E-state index in [2.05, 4.69) is 31.9 Å². The van der Waals surface area contributed by atoms with Crippen LogP contribution < -0.4 is 5.30 Å². The highest BCUT2D eigenvalue weighted by Crippen LogP contribution is 2.33. The van der Waals surface area contributed by atoms with Crippen molar-refractivity contribution in [3.05, 3.63) is 96.9 Å². The maximum Gasteiger partial charge on any atom is 0.459 e. The zero-order chi connectivity index (χ0) is 21.3. The van der Waals surface area contributed by atoms with E-state index >= 15 is 0 Å². The molecule has 0 bridgehead atoms. The lowest BCUT2D eigenvalue weighted by molar-refractivity contribution is 0.103. The van der Waals surface area contributed by atoms with Gasteiger partial charge in [0, 0.05) is 8.95 Å². The third kappa shape index (κ3) is 4.32. The van der Waals surface area contributed by atoms with Crippen molar-refractivity contribution in [1.82, 2.24) is 0 Å². The van der Waals surface area contributed by atoms with E-state index < -0.39 is 13.3 Å². The second kappa shape index (κ2) is 8.83. The van der Waals surface area contributed by atoms with Gasteiger partial charge in [-0.1, -0.05) is 40.5 Å². The number of halogens is 2. The smallest absolute Gasteiger partial charge is 0.288 e. The molecule has 0 N–H and O–H groups in total. The van der Waals surface area contributed by atoms with Gasteiger partial charge in [-0.2, -0.15) is 0 Å². The maximum absolute atomic E-state index is 13.3. The van der Waals surface area contributed by atoms with Gasteiger partial charge in [0.1, 0.15) is 0 Å². The van der Waals surface area contributed by atoms with Gasteiger partial charge in [0.05, 0.1) is 16.7 Å². The van der Waals surface area contributed by atoms with Crippen molar-refractivity contribution in [2.45, 2.75) is 20.8 Å². The molecule has 0 amide bonds. The second-order valence-corrected chi connectivity index (χ2v) is 10.0. The fourth-order valence-corrected chi connectivity index (χ4v) is 6.17. The van der Waals surface area contributed by atoms with Crippen LogP contribution in [0, 0.1) is 20.8 Å². The maximum atomic E-state index is 13.3. The topological polar surface area (TPSA) is 51.2 Å². The van der Waals surface area contributed by atoms with Crippen molar-refractivity contribution in [2.24, 2.45) is 0 Å². The third-order valence-electron chi connectivity index (χ3n) is 4.63. The van der Waals surface area contributed by atoms with Crippen LogP contribution >= 0.6 is 39.7 Å². The molecule has 0 radical (unpaired) electrons. The van der Waals surface area contributed by atoms with Crippen LogP contribution in [0.4, 0.5) is 0 Å².